The van der Waals surface area contributed by atoms with Crippen LogP contribution in [0.3, 0.4) is 0 Å². The van der Waals surface area contributed by atoms with E-state index in [1.165, 1.54) is 38.5 Å². The molecule has 2 atom stereocenters. The third-order valence-corrected chi connectivity index (χ3v) is 2.99. The minimum absolute atomic E-state index is 0.317. The lowest BCUT2D eigenvalue weighted by Gasteiger charge is -2.27. The van der Waals surface area contributed by atoms with E-state index in [4.69, 9.17) is 10.5 Å². The van der Waals surface area contributed by atoms with Crippen molar-refractivity contribution in [1.82, 2.24) is 0 Å². The summed E-state index contributed by atoms with van der Waals surface area (Å²) in [4.78, 5) is 0. The molecule has 2 heteroatoms. The Bertz CT molecular complexity index is 139. The quantitative estimate of drug-likeness (QED) is 0.697. The van der Waals surface area contributed by atoms with E-state index in [1.807, 2.05) is 0 Å². The van der Waals surface area contributed by atoms with Crippen molar-refractivity contribution < 1.29 is 4.74 Å². The van der Waals surface area contributed by atoms with E-state index >= 15 is 0 Å². The molecule has 0 aromatic heterocycles. The van der Waals surface area contributed by atoms with Crippen molar-refractivity contribution in [2.24, 2.45) is 11.7 Å². The maximum Gasteiger partial charge on any atom is 0.0726 e. The van der Waals surface area contributed by atoms with Crippen molar-refractivity contribution in [3.05, 3.63) is 0 Å². The lowest BCUT2D eigenvalue weighted by Crippen LogP contribution is -2.39. The van der Waals surface area contributed by atoms with Gasteiger partial charge in [0.25, 0.3) is 0 Å². The first-order chi connectivity index (χ1) is 5.86. The second-order valence-corrected chi connectivity index (χ2v) is 4.25. The van der Waals surface area contributed by atoms with Gasteiger partial charge in [-0.1, -0.05) is 12.8 Å². The summed E-state index contributed by atoms with van der Waals surface area (Å²) in [6.07, 6.45) is 8.11. The number of ether oxygens (including phenoxy) is 1. The summed E-state index contributed by atoms with van der Waals surface area (Å²) in [5.74, 6) is 0.936. The van der Waals surface area contributed by atoms with Gasteiger partial charge in [-0.25, -0.2) is 0 Å². The average molecular weight is 169 g/mol. The lowest BCUT2D eigenvalue weighted by molar-refractivity contribution is -0.00202. The van der Waals surface area contributed by atoms with E-state index in [0.29, 0.717) is 12.1 Å². The standard InChI is InChI=1S/C10H19NO/c11-9(7-8-4-5-8)10-3-1-2-6-12-10/h8-10H,1-7,11H2. The van der Waals surface area contributed by atoms with Gasteiger partial charge < -0.3 is 10.5 Å². The first-order valence-electron chi connectivity index (χ1n) is 5.23. The Morgan fingerprint density at radius 2 is 2.08 bits per heavy atom. The molecule has 2 N–H and O–H groups in total. The van der Waals surface area contributed by atoms with Crippen LogP contribution in [0, 0.1) is 5.92 Å². The highest BCUT2D eigenvalue weighted by Crippen LogP contribution is 2.34. The normalized spacial score (nSPS) is 33.2. The van der Waals surface area contributed by atoms with Gasteiger partial charge in [0.1, 0.15) is 0 Å². The number of hydrogen-bond donors (Lipinski definition) is 1. The van der Waals surface area contributed by atoms with Crippen LogP contribution in [0.5, 0.6) is 0 Å². The summed E-state index contributed by atoms with van der Waals surface area (Å²) >= 11 is 0. The first kappa shape index (κ1) is 8.52. The second-order valence-electron chi connectivity index (χ2n) is 4.25. The van der Waals surface area contributed by atoms with Crippen molar-refractivity contribution in [1.29, 1.82) is 0 Å². The Morgan fingerprint density at radius 1 is 1.25 bits per heavy atom. The van der Waals surface area contributed by atoms with Crippen LogP contribution in [0.2, 0.25) is 0 Å². The lowest BCUT2D eigenvalue weighted by atomic mass is 9.98. The van der Waals surface area contributed by atoms with E-state index < -0.39 is 0 Å². The predicted octanol–water partition coefficient (Wildman–Crippen LogP) is 1.68. The molecule has 2 rings (SSSR count). The van der Waals surface area contributed by atoms with Crippen molar-refractivity contribution in [3.8, 4) is 0 Å². The zero-order valence-electron chi connectivity index (χ0n) is 7.67. The molecule has 0 aromatic carbocycles. The molecule has 0 aromatic rings. The highest BCUT2D eigenvalue weighted by molar-refractivity contribution is 4.83. The summed E-state index contributed by atoms with van der Waals surface area (Å²) in [6, 6.07) is 0.317. The molecule has 1 saturated heterocycles. The van der Waals surface area contributed by atoms with E-state index in [2.05, 4.69) is 0 Å². The Morgan fingerprint density at radius 3 is 2.67 bits per heavy atom. The van der Waals surface area contributed by atoms with Crippen LogP contribution in [-0.2, 0) is 4.74 Å². The van der Waals surface area contributed by atoms with Gasteiger partial charge >= 0.3 is 0 Å². The molecule has 0 bridgehead atoms. The monoisotopic (exact) mass is 169 g/mol. The molecule has 0 spiro atoms. The fourth-order valence-corrected chi connectivity index (χ4v) is 1.99. The predicted molar refractivity (Wildman–Crippen MR) is 48.9 cm³/mol. The van der Waals surface area contributed by atoms with Crippen LogP contribution in [0.25, 0.3) is 0 Å². The van der Waals surface area contributed by atoms with E-state index in [-0.39, 0.29) is 0 Å². The molecule has 2 fully saturated rings. The summed E-state index contributed by atoms with van der Waals surface area (Å²) in [6.45, 7) is 0.934. The van der Waals surface area contributed by atoms with E-state index in [9.17, 15) is 0 Å². The Kier molecular flexibility index (Phi) is 2.66. The molecule has 0 amide bonds. The maximum absolute atomic E-state index is 6.06. The molecule has 1 saturated carbocycles. The molecule has 70 valence electrons. The van der Waals surface area contributed by atoms with Crippen molar-refractivity contribution in [3.63, 3.8) is 0 Å². The third kappa shape index (κ3) is 2.20. The zero-order chi connectivity index (χ0) is 8.39. The number of rotatable bonds is 3. The van der Waals surface area contributed by atoms with Gasteiger partial charge in [-0.05, 0) is 31.6 Å². The van der Waals surface area contributed by atoms with E-state index in [0.717, 1.165) is 12.5 Å². The molecule has 2 nitrogen and oxygen atoms in total. The van der Waals surface area contributed by atoms with Crippen molar-refractivity contribution in [2.45, 2.75) is 50.7 Å². The van der Waals surface area contributed by atoms with Gasteiger partial charge in [0, 0.05) is 12.6 Å². The fourth-order valence-electron chi connectivity index (χ4n) is 1.99. The fraction of sp³-hybridized carbons (Fsp3) is 1.00. The molecule has 1 heterocycles. The van der Waals surface area contributed by atoms with Gasteiger partial charge in [-0.2, -0.15) is 0 Å². The van der Waals surface area contributed by atoms with Crippen molar-refractivity contribution in [2.75, 3.05) is 6.61 Å². The van der Waals surface area contributed by atoms with E-state index in [1.54, 1.807) is 0 Å². The Labute approximate surface area is 74.5 Å². The summed E-state index contributed by atoms with van der Waals surface area (Å²) in [5.41, 5.74) is 6.06. The van der Waals surface area contributed by atoms with Gasteiger partial charge in [0.2, 0.25) is 0 Å². The summed E-state index contributed by atoms with van der Waals surface area (Å²) in [5, 5.41) is 0. The minimum Gasteiger partial charge on any atom is -0.377 e. The molecule has 1 aliphatic heterocycles. The van der Waals surface area contributed by atoms with Crippen LogP contribution in [0.1, 0.15) is 38.5 Å². The summed E-state index contributed by atoms with van der Waals surface area (Å²) < 4.78 is 5.64. The average Bonchev–Trinajstić information content (AvgIpc) is 2.90. The van der Waals surface area contributed by atoms with Crippen LogP contribution >= 0.6 is 0 Å². The Hall–Kier alpha value is -0.0800. The third-order valence-electron chi connectivity index (χ3n) is 2.99. The first-order valence-corrected chi connectivity index (χ1v) is 5.23. The number of nitrogens with two attached hydrogens (primary N) is 1. The second kappa shape index (κ2) is 3.75. The maximum atomic E-state index is 6.06. The number of hydrogen-bond acceptors (Lipinski definition) is 2. The molecular formula is C10H19NO. The van der Waals surface area contributed by atoms with Gasteiger partial charge in [0.05, 0.1) is 6.10 Å². The highest BCUT2D eigenvalue weighted by Gasteiger charge is 2.29. The highest BCUT2D eigenvalue weighted by atomic mass is 16.5. The van der Waals surface area contributed by atoms with Crippen molar-refractivity contribution >= 4 is 0 Å². The molecule has 0 radical (unpaired) electrons. The molecular weight excluding hydrogens is 150 g/mol. The smallest absolute Gasteiger partial charge is 0.0726 e. The van der Waals surface area contributed by atoms with Crippen LogP contribution in [0.15, 0.2) is 0 Å². The zero-order valence-corrected chi connectivity index (χ0v) is 7.67. The SMILES string of the molecule is NC(CC1CC1)C1CCCCO1. The topological polar surface area (TPSA) is 35.2 Å². The van der Waals surface area contributed by atoms with Crippen LogP contribution in [0.4, 0.5) is 0 Å². The van der Waals surface area contributed by atoms with Gasteiger partial charge in [0.15, 0.2) is 0 Å². The van der Waals surface area contributed by atoms with Gasteiger partial charge in [-0.3, -0.25) is 0 Å². The molecule has 2 unspecified atom stereocenters. The Balaban J connectivity index is 1.72. The largest absolute Gasteiger partial charge is 0.377 e. The molecule has 12 heavy (non-hydrogen) atoms. The van der Waals surface area contributed by atoms with Crippen LogP contribution < -0.4 is 5.73 Å². The minimum atomic E-state index is 0.317. The van der Waals surface area contributed by atoms with Crippen LogP contribution in [-0.4, -0.2) is 18.8 Å². The molecule has 2 aliphatic rings. The summed E-state index contributed by atoms with van der Waals surface area (Å²) in [7, 11) is 0. The van der Waals surface area contributed by atoms with Gasteiger partial charge in [-0.15, -0.1) is 0 Å². The molecule has 1 aliphatic carbocycles.